The normalized spacial score (nSPS) is 10.5. The summed E-state index contributed by atoms with van der Waals surface area (Å²) in [6, 6.07) is 16.9. The summed E-state index contributed by atoms with van der Waals surface area (Å²) >= 11 is 6.95. The monoisotopic (exact) mass is 602 g/mol. The second-order valence-electron chi connectivity index (χ2n) is 7.94. The lowest BCUT2D eigenvalue weighted by Gasteiger charge is -2.13. The number of carbonyl (C=O) groups excluding carboxylic acids is 2. The number of hydrogen-bond donors (Lipinski definition) is 2. The van der Waals surface area contributed by atoms with E-state index in [2.05, 4.69) is 56.3 Å². The third-order valence-electron chi connectivity index (χ3n) is 5.32. The molecule has 0 aliphatic heterocycles. The number of rotatable bonds is 10. The maximum Gasteiger partial charge on any atom is 0.262 e. The molecule has 0 aromatic heterocycles. The van der Waals surface area contributed by atoms with E-state index in [-0.39, 0.29) is 25.0 Å². The van der Waals surface area contributed by atoms with E-state index in [1.54, 1.807) is 12.1 Å². The summed E-state index contributed by atoms with van der Waals surface area (Å²) in [7, 11) is 0. The second-order valence-corrected chi connectivity index (χ2v) is 9.65. The molecule has 6 nitrogen and oxygen atoms in total. The van der Waals surface area contributed by atoms with Crippen LogP contribution in [0.15, 0.2) is 63.5 Å². The van der Waals surface area contributed by atoms with Gasteiger partial charge in [0.1, 0.15) is 11.5 Å². The first-order valence-corrected chi connectivity index (χ1v) is 12.9. The fourth-order valence-corrected chi connectivity index (χ4v) is 4.35. The Morgan fingerprint density at radius 1 is 0.743 bits per heavy atom. The van der Waals surface area contributed by atoms with E-state index in [0.717, 1.165) is 27.4 Å². The molecular weight excluding hydrogens is 576 g/mol. The van der Waals surface area contributed by atoms with Crippen LogP contribution in [-0.4, -0.2) is 25.0 Å². The van der Waals surface area contributed by atoms with Gasteiger partial charge in [-0.25, -0.2) is 0 Å². The Labute approximate surface area is 222 Å². The Bertz CT molecular complexity index is 1210. The Balaban J connectivity index is 1.55. The SMILES string of the molecule is CCc1ccc(OCC(=O)Nc2ccc(C)c(NC(=O)COc3ccc(CC)cc3Br)c2)c(Br)c1. The predicted molar refractivity (Wildman–Crippen MR) is 146 cm³/mol. The zero-order valence-corrected chi connectivity index (χ0v) is 23.1. The van der Waals surface area contributed by atoms with Crippen molar-refractivity contribution in [2.24, 2.45) is 0 Å². The zero-order valence-electron chi connectivity index (χ0n) is 19.9. The first kappa shape index (κ1) is 26.8. The van der Waals surface area contributed by atoms with Gasteiger partial charge in [-0.05, 0) is 105 Å². The lowest BCUT2D eigenvalue weighted by atomic mass is 10.1. The molecule has 0 radical (unpaired) electrons. The number of hydrogen-bond acceptors (Lipinski definition) is 4. The van der Waals surface area contributed by atoms with Crippen molar-refractivity contribution in [3.8, 4) is 11.5 Å². The van der Waals surface area contributed by atoms with E-state index in [0.29, 0.717) is 22.9 Å². The topological polar surface area (TPSA) is 76.7 Å². The largest absolute Gasteiger partial charge is 0.483 e. The Hall–Kier alpha value is -2.84. The Morgan fingerprint density at radius 2 is 1.26 bits per heavy atom. The number of carbonyl (C=O) groups is 2. The van der Waals surface area contributed by atoms with Gasteiger partial charge in [-0.2, -0.15) is 0 Å². The number of nitrogens with one attached hydrogen (secondary N) is 2. The van der Waals surface area contributed by atoms with Gasteiger partial charge in [0.25, 0.3) is 11.8 Å². The van der Waals surface area contributed by atoms with E-state index >= 15 is 0 Å². The highest BCUT2D eigenvalue weighted by Crippen LogP contribution is 2.27. The third-order valence-corrected chi connectivity index (χ3v) is 6.56. The van der Waals surface area contributed by atoms with Crippen LogP contribution in [0.25, 0.3) is 0 Å². The molecule has 0 aliphatic rings. The summed E-state index contributed by atoms with van der Waals surface area (Å²) in [5.74, 6) is 0.601. The minimum absolute atomic E-state index is 0.139. The van der Waals surface area contributed by atoms with E-state index in [4.69, 9.17) is 9.47 Å². The molecule has 0 bridgehead atoms. The van der Waals surface area contributed by atoms with Crippen LogP contribution in [0, 0.1) is 6.92 Å². The van der Waals surface area contributed by atoms with E-state index in [1.165, 1.54) is 11.1 Å². The number of halogens is 2. The molecule has 0 spiro atoms. The highest BCUT2D eigenvalue weighted by molar-refractivity contribution is 9.10. The number of anilines is 2. The van der Waals surface area contributed by atoms with Crippen molar-refractivity contribution in [2.75, 3.05) is 23.8 Å². The highest BCUT2D eigenvalue weighted by atomic mass is 79.9. The van der Waals surface area contributed by atoms with Gasteiger partial charge >= 0.3 is 0 Å². The van der Waals surface area contributed by atoms with Crippen LogP contribution < -0.4 is 20.1 Å². The lowest BCUT2D eigenvalue weighted by molar-refractivity contribution is -0.118. The third kappa shape index (κ3) is 7.83. The van der Waals surface area contributed by atoms with Gasteiger partial charge in [-0.15, -0.1) is 0 Å². The molecule has 0 atom stereocenters. The summed E-state index contributed by atoms with van der Waals surface area (Å²) in [6.45, 7) is 5.75. The standard InChI is InChI=1S/C27H28Br2N2O4/c1-4-18-7-10-24(21(28)12-18)34-15-26(32)30-20-9-6-17(3)23(14-20)31-27(33)16-35-25-11-8-19(5-2)13-22(25)29/h6-14H,4-5,15-16H2,1-3H3,(H,30,32)(H,31,33). The quantitative estimate of drug-likeness (QED) is 0.271. The van der Waals surface area contributed by atoms with Crippen molar-refractivity contribution in [3.63, 3.8) is 0 Å². The molecule has 3 rings (SSSR count). The molecule has 35 heavy (non-hydrogen) atoms. The molecule has 0 fully saturated rings. The number of aryl methyl sites for hydroxylation is 3. The fourth-order valence-electron chi connectivity index (χ4n) is 3.27. The van der Waals surface area contributed by atoms with Crippen molar-refractivity contribution in [3.05, 3.63) is 80.2 Å². The summed E-state index contributed by atoms with van der Waals surface area (Å²) in [5.41, 5.74) is 4.36. The van der Waals surface area contributed by atoms with Crippen LogP contribution >= 0.6 is 31.9 Å². The van der Waals surface area contributed by atoms with Crippen molar-refractivity contribution >= 4 is 55.0 Å². The summed E-state index contributed by atoms with van der Waals surface area (Å²) in [4.78, 5) is 24.9. The van der Waals surface area contributed by atoms with Crippen LogP contribution in [0.1, 0.15) is 30.5 Å². The minimum Gasteiger partial charge on any atom is -0.483 e. The number of ether oxygens (including phenoxy) is 2. The molecule has 8 heteroatoms. The molecule has 2 N–H and O–H groups in total. The fraction of sp³-hybridized carbons (Fsp3) is 0.259. The summed E-state index contributed by atoms with van der Waals surface area (Å²) < 4.78 is 12.9. The summed E-state index contributed by atoms with van der Waals surface area (Å²) in [6.07, 6.45) is 1.84. The van der Waals surface area contributed by atoms with Gasteiger partial charge in [0.15, 0.2) is 13.2 Å². The minimum atomic E-state index is -0.304. The Morgan fingerprint density at radius 3 is 1.74 bits per heavy atom. The van der Waals surface area contributed by atoms with Crippen LogP contribution in [-0.2, 0) is 22.4 Å². The Kier molecular flexibility index (Phi) is 9.74. The summed E-state index contributed by atoms with van der Waals surface area (Å²) in [5, 5.41) is 5.65. The molecule has 3 aromatic carbocycles. The molecule has 184 valence electrons. The van der Waals surface area contributed by atoms with Gasteiger partial charge in [-0.3, -0.25) is 9.59 Å². The lowest BCUT2D eigenvalue weighted by Crippen LogP contribution is -2.22. The van der Waals surface area contributed by atoms with Gasteiger partial charge in [0, 0.05) is 11.4 Å². The predicted octanol–water partition coefficient (Wildman–Crippen LogP) is 6.68. The maximum atomic E-state index is 12.5. The molecule has 0 saturated carbocycles. The van der Waals surface area contributed by atoms with E-state index < -0.39 is 0 Å². The molecule has 0 aliphatic carbocycles. The van der Waals surface area contributed by atoms with Crippen molar-refractivity contribution in [2.45, 2.75) is 33.6 Å². The van der Waals surface area contributed by atoms with E-state index in [9.17, 15) is 9.59 Å². The molecule has 0 saturated heterocycles. The smallest absolute Gasteiger partial charge is 0.262 e. The van der Waals surface area contributed by atoms with Crippen LogP contribution in [0.3, 0.4) is 0 Å². The van der Waals surface area contributed by atoms with Crippen molar-refractivity contribution in [1.82, 2.24) is 0 Å². The van der Waals surface area contributed by atoms with Crippen LogP contribution in [0.4, 0.5) is 11.4 Å². The van der Waals surface area contributed by atoms with Gasteiger partial charge in [-0.1, -0.05) is 32.0 Å². The van der Waals surface area contributed by atoms with Crippen LogP contribution in [0.5, 0.6) is 11.5 Å². The molecule has 0 unspecified atom stereocenters. The van der Waals surface area contributed by atoms with Crippen molar-refractivity contribution < 1.29 is 19.1 Å². The maximum absolute atomic E-state index is 12.5. The molecule has 3 aromatic rings. The first-order chi connectivity index (χ1) is 16.8. The molecule has 2 amide bonds. The second kappa shape index (κ2) is 12.7. The highest BCUT2D eigenvalue weighted by Gasteiger charge is 2.11. The molecular formula is C27H28Br2N2O4. The van der Waals surface area contributed by atoms with Gasteiger partial charge < -0.3 is 20.1 Å². The van der Waals surface area contributed by atoms with Gasteiger partial charge in [0.05, 0.1) is 8.95 Å². The average Bonchev–Trinajstić information content (AvgIpc) is 2.84. The van der Waals surface area contributed by atoms with Crippen molar-refractivity contribution in [1.29, 1.82) is 0 Å². The first-order valence-electron chi connectivity index (χ1n) is 11.3. The number of amides is 2. The van der Waals surface area contributed by atoms with E-state index in [1.807, 2.05) is 49.4 Å². The average molecular weight is 604 g/mol. The van der Waals surface area contributed by atoms with Crippen LogP contribution in [0.2, 0.25) is 0 Å². The zero-order chi connectivity index (χ0) is 25.4. The van der Waals surface area contributed by atoms with Gasteiger partial charge in [0.2, 0.25) is 0 Å². The number of benzene rings is 3. The molecule has 0 heterocycles.